The number of fused-ring (bicyclic) bond motifs is 16. The van der Waals surface area contributed by atoms with Crippen LogP contribution in [0.4, 0.5) is 17.1 Å². The van der Waals surface area contributed by atoms with Crippen molar-refractivity contribution in [1.29, 1.82) is 0 Å². The molecule has 0 aliphatic carbocycles. The second kappa shape index (κ2) is 18.2. The van der Waals surface area contributed by atoms with E-state index >= 15 is 0 Å². The molecule has 0 fully saturated rings. The third kappa shape index (κ3) is 6.79. The van der Waals surface area contributed by atoms with Gasteiger partial charge < -0.3 is 23.3 Å². The van der Waals surface area contributed by atoms with Crippen LogP contribution in [0.1, 0.15) is 0 Å². The van der Waals surface area contributed by atoms with Gasteiger partial charge in [0.1, 0.15) is 11.5 Å². The molecular weight excluding hydrogens is 1020 g/mol. The van der Waals surface area contributed by atoms with Crippen molar-refractivity contribution >= 4 is 106 Å². The lowest BCUT2D eigenvalue weighted by Crippen LogP contribution is -2.59. The third-order valence-electron chi connectivity index (χ3n) is 17.8. The predicted octanol–water partition coefficient (Wildman–Crippen LogP) is 18.4. The van der Waals surface area contributed by atoms with Crippen LogP contribution < -0.4 is 26.0 Å². The molecule has 84 heavy (non-hydrogen) atoms. The zero-order valence-corrected chi connectivity index (χ0v) is 45.6. The molecule has 2 aliphatic rings. The minimum Gasteiger partial charge on any atom is -0.458 e. The van der Waals surface area contributed by atoms with Crippen LogP contribution in [0.25, 0.3) is 116 Å². The smallest absolute Gasteiger partial charge is 0.256 e. The normalized spacial score (nSPS) is 12.6. The number of para-hydroxylation sites is 4. The zero-order chi connectivity index (χ0) is 55.0. The van der Waals surface area contributed by atoms with Crippen LogP contribution >= 0.6 is 0 Å². The van der Waals surface area contributed by atoms with E-state index in [1.54, 1.807) is 0 Å². The second-order valence-electron chi connectivity index (χ2n) is 22.3. The van der Waals surface area contributed by atoms with Crippen molar-refractivity contribution < 1.29 is 4.74 Å². The highest BCUT2D eigenvalue weighted by atomic mass is 16.5. The van der Waals surface area contributed by atoms with E-state index in [1.165, 1.54) is 65.8 Å². The Hall–Kier alpha value is -11.1. The summed E-state index contributed by atoms with van der Waals surface area (Å²) in [5.41, 5.74) is 24.0. The van der Waals surface area contributed by atoms with Crippen molar-refractivity contribution in [2.45, 2.75) is 0 Å². The summed E-state index contributed by atoms with van der Waals surface area (Å²) in [5, 5.41) is 7.08. The monoisotopic (exact) mass is 1070 g/mol. The van der Waals surface area contributed by atoms with Gasteiger partial charge >= 0.3 is 0 Å². The van der Waals surface area contributed by atoms with Gasteiger partial charge in [-0.15, -0.1) is 0 Å². The molecule has 0 saturated carbocycles. The van der Waals surface area contributed by atoms with E-state index in [-0.39, 0.29) is 6.71 Å². The highest BCUT2D eigenvalue weighted by molar-refractivity contribution is 6.99. The first-order valence-electron chi connectivity index (χ1n) is 28.9. The van der Waals surface area contributed by atoms with E-state index in [0.717, 1.165) is 95.0 Å². The average Bonchev–Trinajstić information content (AvgIpc) is 2.44. The Balaban J connectivity index is 1.03. The van der Waals surface area contributed by atoms with Crippen LogP contribution in [0.3, 0.4) is 0 Å². The Morgan fingerprint density at radius 1 is 0.262 bits per heavy atom. The molecule has 0 unspecified atom stereocenters. The lowest BCUT2D eigenvalue weighted by Gasteiger charge is -2.40. The van der Waals surface area contributed by atoms with Gasteiger partial charge in [-0.25, -0.2) is 0 Å². The van der Waals surface area contributed by atoms with Crippen molar-refractivity contribution in [2.75, 3.05) is 4.90 Å². The third-order valence-corrected chi connectivity index (χ3v) is 17.8. The van der Waals surface area contributed by atoms with Crippen molar-refractivity contribution in [3.8, 4) is 61.9 Å². The summed E-state index contributed by atoms with van der Waals surface area (Å²) in [6.45, 7) is -0.0503. The fraction of sp³-hybridized carbons (Fsp3) is 0. The first-order valence-corrected chi connectivity index (χ1v) is 28.9. The lowest BCUT2D eigenvalue weighted by atomic mass is 9.34. The number of rotatable bonds is 7. The van der Waals surface area contributed by atoms with Gasteiger partial charge in [0.2, 0.25) is 0 Å². The molecule has 5 heterocycles. The van der Waals surface area contributed by atoms with Crippen molar-refractivity contribution in [1.82, 2.24) is 13.7 Å². The Morgan fingerprint density at radius 2 is 0.667 bits per heavy atom. The van der Waals surface area contributed by atoms with Gasteiger partial charge in [-0.3, -0.25) is 0 Å². The molecule has 6 heteroatoms. The van der Waals surface area contributed by atoms with E-state index in [0.29, 0.717) is 0 Å². The lowest BCUT2D eigenvalue weighted by molar-refractivity contribution is 0.487. The van der Waals surface area contributed by atoms with Gasteiger partial charge in [0.05, 0.1) is 33.1 Å². The van der Waals surface area contributed by atoms with E-state index in [1.807, 2.05) is 0 Å². The molecule has 0 saturated heterocycles. The number of anilines is 3. The van der Waals surface area contributed by atoms with Crippen LogP contribution in [-0.4, -0.2) is 20.4 Å². The van der Waals surface area contributed by atoms with E-state index in [9.17, 15) is 0 Å². The maximum absolute atomic E-state index is 7.33. The summed E-state index contributed by atoms with van der Waals surface area (Å²) in [6, 6.07) is 109. The molecule has 390 valence electrons. The molecule has 18 rings (SSSR count). The molecule has 13 aromatic carbocycles. The Bertz CT molecular complexity index is 5250. The Kier molecular flexibility index (Phi) is 10.1. The van der Waals surface area contributed by atoms with Crippen LogP contribution in [0, 0.1) is 0 Å². The number of nitrogens with zero attached hydrogens (tertiary/aromatic N) is 4. The van der Waals surface area contributed by atoms with Crippen molar-refractivity contribution in [3.63, 3.8) is 0 Å². The summed E-state index contributed by atoms with van der Waals surface area (Å²) in [4.78, 5) is 2.40. The predicted molar refractivity (Wildman–Crippen MR) is 352 cm³/mol. The van der Waals surface area contributed by atoms with E-state index < -0.39 is 0 Å². The number of ether oxygens (including phenoxy) is 1. The van der Waals surface area contributed by atoms with Gasteiger partial charge in [-0.1, -0.05) is 194 Å². The molecule has 0 atom stereocenters. The van der Waals surface area contributed by atoms with E-state index in [2.05, 4.69) is 316 Å². The molecule has 5 nitrogen and oxygen atoms in total. The number of aromatic nitrogens is 3. The molecule has 0 N–H and O–H groups in total. The standard InChI is InChI=1S/C78H49BN4O/c1-7-22-50(23-8-1)53-38-43-65-60(46-53)72-76-73(61-47-54(51-24-9-2-10-25-51)39-44-66(61)82(76)58-32-17-6-18-33-58)78-74(77(72)81(65)57-30-15-5-16-31-57)62-48-55(52-26-11-3-12-27-52)40-45-67(62)83(78)59-41-42-64-71(49-59)84-70-37-21-36-69-75(70)79(64)63-34-19-20-35-68(63)80(69)56-28-13-4-14-29-56/h1-49H. The quantitative estimate of drug-likeness (QED) is 0.149. The van der Waals surface area contributed by atoms with Gasteiger partial charge in [0.15, 0.2) is 0 Å². The number of hydrogen-bond donors (Lipinski definition) is 0. The molecule has 16 aromatic rings. The summed E-state index contributed by atoms with van der Waals surface area (Å²) in [7, 11) is 0. The van der Waals surface area contributed by atoms with E-state index in [4.69, 9.17) is 4.74 Å². The summed E-state index contributed by atoms with van der Waals surface area (Å²) >= 11 is 0. The van der Waals surface area contributed by atoms with Gasteiger partial charge in [0.25, 0.3) is 6.71 Å². The summed E-state index contributed by atoms with van der Waals surface area (Å²) in [5.74, 6) is 1.72. The minimum atomic E-state index is -0.0503. The van der Waals surface area contributed by atoms with Crippen molar-refractivity contribution in [2.24, 2.45) is 0 Å². The Morgan fingerprint density at radius 3 is 1.14 bits per heavy atom. The van der Waals surface area contributed by atoms with Crippen LogP contribution in [-0.2, 0) is 0 Å². The van der Waals surface area contributed by atoms with Crippen LogP contribution in [0.2, 0.25) is 0 Å². The topological polar surface area (TPSA) is 27.3 Å². The second-order valence-corrected chi connectivity index (χ2v) is 22.3. The van der Waals surface area contributed by atoms with Crippen LogP contribution in [0.15, 0.2) is 297 Å². The Labute approximate surface area is 485 Å². The maximum Gasteiger partial charge on any atom is 0.256 e. The van der Waals surface area contributed by atoms with Gasteiger partial charge in [-0.2, -0.15) is 0 Å². The molecule has 0 amide bonds. The minimum absolute atomic E-state index is 0.0503. The molecule has 2 aliphatic heterocycles. The molecule has 0 radical (unpaired) electrons. The largest absolute Gasteiger partial charge is 0.458 e. The molecule has 0 bridgehead atoms. The number of hydrogen-bond acceptors (Lipinski definition) is 2. The highest BCUT2D eigenvalue weighted by Crippen LogP contribution is 2.52. The number of benzene rings is 13. The highest BCUT2D eigenvalue weighted by Gasteiger charge is 2.42. The fourth-order valence-corrected chi connectivity index (χ4v) is 14.3. The first kappa shape index (κ1) is 46.7. The first-order chi connectivity index (χ1) is 41.7. The van der Waals surface area contributed by atoms with Crippen molar-refractivity contribution in [3.05, 3.63) is 297 Å². The van der Waals surface area contributed by atoms with Gasteiger partial charge in [-0.05, 0) is 147 Å². The molecule has 3 aromatic heterocycles. The SMILES string of the molecule is c1ccc(-c2ccc3c(c2)c2c(c4c5cc(-c6ccccc6)ccc5n(-c5ccc6c(c5)Oc5cccc7c5B6c5ccccc5N7c5ccccc5)c4c4c5cc(-c6ccccc6)ccc5n(-c5ccccc5)c24)n3-c2ccccc2)cc1. The van der Waals surface area contributed by atoms with Crippen LogP contribution in [0.5, 0.6) is 11.5 Å². The maximum atomic E-state index is 7.33. The summed E-state index contributed by atoms with van der Waals surface area (Å²) in [6.07, 6.45) is 0. The molecular formula is C78H49BN4O. The zero-order valence-electron chi connectivity index (χ0n) is 45.6. The fourth-order valence-electron chi connectivity index (χ4n) is 14.3. The summed E-state index contributed by atoms with van der Waals surface area (Å²) < 4.78 is 15.0. The van der Waals surface area contributed by atoms with Gasteiger partial charge in [0, 0.05) is 72.5 Å². The molecule has 0 spiro atoms. The average molecular weight is 1070 g/mol.